The molecule has 27 heavy (non-hydrogen) atoms. The summed E-state index contributed by atoms with van der Waals surface area (Å²) in [5, 5.41) is 6.21. The lowest BCUT2D eigenvalue weighted by molar-refractivity contribution is 0.514. The van der Waals surface area contributed by atoms with Crippen LogP contribution in [0.15, 0.2) is 62.9 Å². The lowest BCUT2D eigenvalue weighted by atomic mass is 10.2. The number of thioether (sulfide) groups is 1. The standard InChI is InChI=1S/C19H15N5O2S/c1-12-20-17-13-6-2-3-7-14(13)21-18(24(17)22-12)27-11-10-23-15-8-4-5-9-16(15)26-19(23)25/h2-9H,10-11H2,1H3. The van der Waals surface area contributed by atoms with Gasteiger partial charge in [-0.15, -0.1) is 5.10 Å². The topological polar surface area (TPSA) is 78.2 Å². The molecular weight excluding hydrogens is 362 g/mol. The Morgan fingerprint density at radius 3 is 2.81 bits per heavy atom. The molecule has 0 saturated carbocycles. The summed E-state index contributed by atoms with van der Waals surface area (Å²) in [6, 6.07) is 15.3. The zero-order valence-corrected chi connectivity index (χ0v) is 15.3. The fourth-order valence-corrected chi connectivity index (χ4v) is 4.05. The van der Waals surface area contributed by atoms with E-state index in [1.54, 1.807) is 26.9 Å². The van der Waals surface area contributed by atoms with Crippen molar-refractivity contribution in [1.82, 2.24) is 24.1 Å². The third-order valence-electron chi connectivity index (χ3n) is 4.38. The normalized spacial score (nSPS) is 11.7. The molecule has 3 heterocycles. The van der Waals surface area contributed by atoms with Crippen molar-refractivity contribution >= 4 is 39.4 Å². The Balaban J connectivity index is 1.49. The number of rotatable bonds is 4. The average Bonchev–Trinajstić information content (AvgIpc) is 3.22. The van der Waals surface area contributed by atoms with Gasteiger partial charge in [-0.3, -0.25) is 4.57 Å². The van der Waals surface area contributed by atoms with Gasteiger partial charge in [-0.05, 0) is 31.2 Å². The van der Waals surface area contributed by atoms with Gasteiger partial charge in [-0.25, -0.2) is 14.8 Å². The number of aromatic nitrogens is 5. The summed E-state index contributed by atoms with van der Waals surface area (Å²) in [6.45, 7) is 2.39. The fraction of sp³-hybridized carbons (Fsp3) is 0.158. The first-order valence-corrected chi connectivity index (χ1v) is 9.52. The third-order valence-corrected chi connectivity index (χ3v) is 5.28. The molecule has 7 nitrogen and oxygen atoms in total. The first-order chi connectivity index (χ1) is 13.2. The molecule has 0 amide bonds. The second-order valence-corrected chi connectivity index (χ2v) is 7.20. The number of fused-ring (bicyclic) bond motifs is 4. The van der Waals surface area contributed by atoms with Crippen molar-refractivity contribution in [2.75, 3.05) is 5.75 Å². The highest BCUT2D eigenvalue weighted by Crippen LogP contribution is 2.24. The van der Waals surface area contributed by atoms with E-state index in [0.29, 0.717) is 23.7 Å². The molecule has 134 valence electrons. The van der Waals surface area contributed by atoms with E-state index in [1.807, 2.05) is 49.4 Å². The summed E-state index contributed by atoms with van der Waals surface area (Å²) in [7, 11) is 0. The minimum absolute atomic E-state index is 0.343. The van der Waals surface area contributed by atoms with Crippen LogP contribution in [-0.2, 0) is 6.54 Å². The average molecular weight is 377 g/mol. The van der Waals surface area contributed by atoms with E-state index in [1.165, 1.54) is 0 Å². The summed E-state index contributed by atoms with van der Waals surface area (Å²) in [4.78, 5) is 21.4. The van der Waals surface area contributed by atoms with Crippen molar-refractivity contribution in [3.8, 4) is 0 Å². The van der Waals surface area contributed by atoms with E-state index in [-0.39, 0.29) is 5.76 Å². The molecule has 8 heteroatoms. The molecule has 0 bridgehead atoms. The number of hydrogen-bond acceptors (Lipinski definition) is 6. The minimum atomic E-state index is -0.343. The monoisotopic (exact) mass is 377 g/mol. The second kappa shape index (κ2) is 6.24. The van der Waals surface area contributed by atoms with Crippen LogP contribution in [0, 0.1) is 6.92 Å². The molecule has 0 saturated heterocycles. The molecule has 0 aliphatic carbocycles. The van der Waals surface area contributed by atoms with Gasteiger partial charge in [0, 0.05) is 17.7 Å². The molecule has 5 aromatic rings. The SMILES string of the molecule is Cc1nc2c3ccccc3nc(SCCn3c(=O)oc4ccccc43)n2n1. The van der Waals surface area contributed by atoms with Crippen LogP contribution in [0.25, 0.3) is 27.6 Å². The van der Waals surface area contributed by atoms with Crippen molar-refractivity contribution in [3.05, 3.63) is 64.9 Å². The molecule has 0 aliphatic heterocycles. The van der Waals surface area contributed by atoms with Crippen LogP contribution in [0.3, 0.4) is 0 Å². The number of hydrogen-bond donors (Lipinski definition) is 0. The van der Waals surface area contributed by atoms with Gasteiger partial charge < -0.3 is 4.42 Å². The molecule has 0 fully saturated rings. The van der Waals surface area contributed by atoms with Gasteiger partial charge in [0.1, 0.15) is 5.82 Å². The molecule has 3 aromatic heterocycles. The Morgan fingerprint density at radius 2 is 1.89 bits per heavy atom. The lowest BCUT2D eigenvalue weighted by Gasteiger charge is -2.06. The van der Waals surface area contributed by atoms with Crippen molar-refractivity contribution in [2.45, 2.75) is 18.6 Å². The van der Waals surface area contributed by atoms with E-state index < -0.39 is 0 Å². The first kappa shape index (κ1) is 16.1. The van der Waals surface area contributed by atoms with E-state index >= 15 is 0 Å². The predicted molar refractivity (Wildman–Crippen MR) is 104 cm³/mol. The summed E-state index contributed by atoms with van der Waals surface area (Å²) in [5.74, 6) is 1.01. The Kier molecular flexibility index (Phi) is 3.71. The van der Waals surface area contributed by atoms with Gasteiger partial charge >= 0.3 is 5.76 Å². The van der Waals surface area contributed by atoms with Gasteiger partial charge in [-0.2, -0.15) is 4.52 Å². The van der Waals surface area contributed by atoms with Crippen LogP contribution in [-0.4, -0.2) is 29.9 Å². The van der Waals surface area contributed by atoms with Gasteiger partial charge in [0.25, 0.3) is 0 Å². The van der Waals surface area contributed by atoms with E-state index in [0.717, 1.165) is 27.2 Å². The molecule has 0 aliphatic rings. The van der Waals surface area contributed by atoms with Crippen molar-refractivity contribution < 1.29 is 4.42 Å². The van der Waals surface area contributed by atoms with Gasteiger partial charge in [0.05, 0.1) is 11.0 Å². The van der Waals surface area contributed by atoms with Crippen LogP contribution in [0.5, 0.6) is 0 Å². The number of benzene rings is 2. The van der Waals surface area contributed by atoms with Crippen LogP contribution < -0.4 is 5.76 Å². The quantitative estimate of drug-likeness (QED) is 0.353. The highest BCUT2D eigenvalue weighted by atomic mass is 32.2. The van der Waals surface area contributed by atoms with Gasteiger partial charge in [-0.1, -0.05) is 36.0 Å². The predicted octanol–water partition coefficient (Wildman–Crippen LogP) is 3.29. The number of aryl methyl sites for hydroxylation is 2. The maximum absolute atomic E-state index is 12.1. The highest BCUT2D eigenvalue weighted by Gasteiger charge is 2.13. The molecule has 0 unspecified atom stereocenters. The lowest BCUT2D eigenvalue weighted by Crippen LogP contribution is -2.15. The summed E-state index contributed by atoms with van der Waals surface area (Å²) in [5.41, 5.74) is 3.08. The molecule has 0 spiro atoms. The third kappa shape index (κ3) is 2.69. The first-order valence-electron chi connectivity index (χ1n) is 8.54. The Morgan fingerprint density at radius 1 is 1.07 bits per heavy atom. The molecule has 0 radical (unpaired) electrons. The Labute approximate surface area is 157 Å². The van der Waals surface area contributed by atoms with Crippen LogP contribution in [0.2, 0.25) is 0 Å². The van der Waals surface area contributed by atoms with Crippen LogP contribution in [0.4, 0.5) is 0 Å². The molecule has 2 aromatic carbocycles. The largest absolute Gasteiger partial charge is 0.419 e. The smallest absolute Gasteiger partial charge is 0.408 e. The van der Waals surface area contributed by atoms with Crippen molar-refractivity contribution in [3.63, 3.8) is 0 Å². The summed E-state index contributed by atoms with van der Waals surface area (Å²) in [6.07, 6.45) is 0. The van der Waals surface area contributed by atoms with E-state index in [4.69, 9.17) is 9.40 Å². The minimum Gasteiger partial charge on any atom is -0.408 e. The fourth-order valence-electron chi connectivity index (χ4n) is 3.18. The summed E-state index contributed by atoms with van der Waals surface area (Å²) < 4.78 is 8.71. The molecular formula is C19H15N5O2S. The molecule has 0 N–H and O–H groups in total. The van der Waals surface area contributed by atoms with Crippen molar-refractivity contribution in [1.29, 1.82) is 0 Å². The number of nitrogens with zero attached hydrogens (tertiary/aromatic N) is 5. The maximum Gasteiger partial charge on any atom is 0.419 e. The van der Waals surface area contributed by atoms with Gasteiger partial charge in [0.2, 0.25) is 0 Å². The Bertz CT molecular complexity index is 1350. The molecule has 5 rings (SSSR count). The zero-order chi connectivity index (χ0) is 18.4. The Hall–Kier alpha value is -3.13. The van der Waals surface area contributed by atoms with Crippen molar-refractivity contribution in [2.24, 2.45) is 0 Å². The summed E-state index contributed by atoms with van der Waals surface area (Å²) >= 11 is 1.54. The van der Waals surface area contributed by atoms with E-state index in [9.17, 15) is 4.79 Å². The maximum atomic E-state index is 12.1. The van der Waals surface area contributed by atoms with E-state index in [2.05, 4.69) is 10.1 Å². The van der Waals surface area contributed by atoms with Crippen LogP contribution >= 0.6 is 11.8 Å². The zero-order valence-electron chi connectivity index (χ0n) is 14.5. The van der Waals surface area contributed by atoms with Gasteiger partial charge in [0.15, 0.2) is 16.4 Å². The number of oxazole rings is 1. The highest BCUT2D eigenvalue weighted by molar-refractivity contribution is 7.99. The number of para-hydroxylation sites is 3. The second-order valence-electron chi connectivity index (χ2n) is 6.14. The molecule has 0 atom stereocenters. The van der Waals surface area contributed by atoms with Crippen LogP contribution in [0.1, 0.15) is 5.82 Å².